The summed E-state index contributed by atoms with van der Waals surface area (Å²) in [5, 5.41) is 4.10. The number of esters is 1. The number of carbonyl (C=O) groups is 1. The summed E-state index contributed by atoms with van der Waals surface area (Å²) in [5.74, 6) is -0.585. The van der Waals surface area contributed by atoms with Gasteiger partial charge in [-0.1, -0.05) is 83.9 Å². The minimum absolute atomic E-state index is 0.0565. The van der Waals surface area contributed by atoms with Crippen molar-refractivity contribution in [2.24, 2.45) is 22.9 Å². The molecule has 0 bridgehead atoms. The second kappa shape index (κ2) is 14.2. The average Bonchev–Trinajstić information content (AvgIpc) is 2.98. The Balaban J connectivity index is 1.56. The Morgan fingerprint density at radius 3 is 2.36 bits per heavy atom. The fourth-order valence-corrected chi connectivity index (χ4v) is 8.79. The largest absolute Gasteiger partial charge is 0.457 e. The molecule has 0 spiro atoms. The van der Waals surface area contributed by atoms with Gasteiger partial charge in [0.1, 0.15) is 6.10 Å². The zero-order valence-corrected chi connectivity index (χ0v) is 28.8. The highest BCUT2D eigenvalue weighted by atomic mass is 28.4. The van der Waals surface area contributed by atoms with Crippen LogP contribution in [-0.4, -0.2) is 70.0 Å². The lowest BCUT2D eigenvalue weighted by Gasteiger charge is -2.52. The molecule has 44 heavy (non-hydrogen) atoms. The number of carbonyl (C=O) groups excluding carboxylic acids is 1. The van der Waals surface area contributed by atoms with E-state index in [0.29, 0.717) is 12.3 Å². The highest BCUT2D eigenvalue weighted by Gasteiger charge is 2.54. The SMILES string of the molecule is CCC1O[C@@H](O[Si](C)(C)C(C)(C)C(C)C)C(N=[N+]=[N-])[C@@H](C)[C@@H]1O[C@@H]1OC2COC(c3ccccc3)O[C@H]2[C@H](C)C1OC(C)=O. The molecule has 12 heteroatoms. The van der Waals surface area contributed by atoms with E-state index in [1.54, 1.807) is 0 Å². The van der Waals surface area contributed by atoms with E-state index in [9.17, 15) is 10.3 Å². The minimum Gasteiger partial charge on any atom is -0.457 e. The van der Waals surface area contributed by atoms with Crippen molar-refractivity contribution < 1.29 is 37.6 Å². The molecule has 3 aliphatic heterocycles. The van der Waals surface area contributed by atoms with Crippen LogP contribution in [0.1, 0.15) is 73.7 Å². The van der Waals surface area contributed by atoms with Gasteiger partial charge in [-0.2, -0.15) is 0 Å². The third kappa shape index (κ3) is 7.18. The van der Waals surface area contributed by atoms with Gasteiger partial charge in [-0.25, -0.2) is 0 Å². The van der Waals surface area contributed by atoms with E-state index >= 15 is 0 Å². The van der Waals surface area contributed by atoms with Gasteiger partial charge in [0.05, 0.1) is 31.0 Å². The molecule has 0 amide bonds. The van der Waals surface area contributed by atoms with Crippen LogP contribution in [0.3, 0.4) is 0 Å². The second-order valence-corrected chi connectivity index (χ2v) is 18.3. The molecule has 4 rings (SSSR count). The summed E-state index contributed by atoms with van der Waals surface area (Å²) in [6, 6.07) is 9.09. The van der Waals surface area contributed by atoms with E-state index in [2.05, 4.69) is 50.8 Å². The van der Waals surface area contributed by atoms with Gasteiger partial charge in [-0.15, -0.1) is 0 Å². The van der Waals surface area contributed by atoms with Crippen LogP contribution in [-0.2, 0) is 37.6 Å². The number of nitrogens with zero attached hydrogens (tertiary/aromatic N) is 3. The zero-order chi connectivity index (χ0) is 32.4. The van der Waals surface area contributed by atoms with Crippen molar-refractivity contribution in [3.8, 4) is 0 Å². The number of hydrogen-bond donors (Lipinski definition) is 0. The second-order valence-electron chi connectivity index (χ2n) is 13.8. The van der Waals surface area contributed by atoms with Crippen molar-refractivity contribution >= 4 is 14.3 Å². The fourth-order valence-electron chi connectivity index (χ4n) is 6.32. The van der Waals surface area contributed by atoms with Crippen LogP contribution in [0, 0.1) is 17.8 Å². The molecule has 246 valence electrons. The smallest absolute Gasteiger partial charge is 0.303 e. The number of benzene rings is 1. The quantitative estimate of drug-likeness (QED) is 0.0895. The van der Waals surface area contributed by atoms with E-state index in [-0.39, 0.29) is 35.7 Å². The van der Waals surface area contributed by atoms with Gasteiger partial charge in [0, 0.05) is 23.3 Å². The Kier molecular flexibility index (Phi) is 11.2. The fraction of sp³-hybridized carbons (Fsp3) is 0.781. The van der Waals surface area contributed by atoms with Crippen LogP contribution in [0.15, 0.2) is 35.4 Å². The van der Waals surface area contributed by atoms with Crippen molar-refractivity contribution in [1.29, 1.82) is 0 Å². The summed E-state index contributed by atoms with van der Waals surface area (Å²) in [7, 11) is -2.34. The molecule has 0 radical (unpaired) electrons. The first kappa shape index (κ1) is 34.8. The molecule has 3 aliphatic rings. The molecular formula is C32H51N3O8Si. The van der Waals surface area contributed by atoms with Gasteiger partial charge in [0.25, 0.3) is 0 Å². The molecule has 11 atom stereocenters. The van der Waals surface area contributed by atoms with Gasteiger partial charge in [-0.05, 0) is 41.9 Å². The van der Waals surface area contributed by atoms with E-state index in [1.165, 1.54) is 6.92 Å². The van der Waals surface area contributed by atoms with Crippen molar-refractivity contribution in [3.05, 3.63) is 46.3 Å². The monoisotopic (exact) mass is 633 g/mol. The van der Waals surface area contributed by atoms with E-state index < -0.39 is 57.5 Å². The molecule has 0 saturated carbocycles. The van der Waals surface area contributed by atoms with Gasteiger partial charge in [-0.3, -0.25) is 4.79 Å². The van der Waals surface area contributed by atoms with Crippen LogP contribution < -0.4 is 0 Å². The molecule has 1 aromatic rings. The van der Waals surface area contributed by atoms with Crippen LogP contribution in [0.5, 0.6) is 0 Å². The van der Waals surface area contributed by atoms with Gasteiger partial charge < -0.3 is 32.8 Å². The molecule has 11 nitrogen and oxygen atoms in total. The lowest BCUT2D eigenvalue weighted by Crippen LogP contribution is -2.63. The highest BCUT2D eigenvalue weighted by molar-refractivity contribution is 6.74. The van der Waals surface area contributed by atoms with E-state index in [4.69, 9.17) is 32.8 Å². The number of hydrogen-bond acceptors (Lipinski definition) is 9. The first-order valence-electron chi connectivity index (χ1n) is 15.9. The Morgan fingerprint density at radius 2 is 1.77 bits per heavy atom. The lowest BCUT2D eigenvalue weighted by atomic mass is 9.87. The molecule has 0 aromatic heterocycles. The molecule has 3 fully saturated rings. The van der Waals surface area contributed by atoms with Crippen molar-refractivity contribution in [1.82, 2.24) is 0 Å². The molecular weight excluding hydrogens is 582 g/mol. The molecule has 1 aromatic carbocycles. The molecule has 3 saturated heterocycles. The Morgan fingerprint density at radius 1 is 1.09 bits per heavy atom. The van der Waals surface area contributed by atoms with Gasteiger partial charge in [0.2, 0.25) is 0 Å². The standard InChI is InChI=1S/C32H51N3O8Si/c1-11-23-26(19(4)25(34-35-33)30(39-23)43-44(9,10)32(7,8)18(2)3)42-31-28(38-21(6)36)20(5)27-24(40-31)17-37-29(41-27)22-15-13-12-14-16-22/h12-16,18-20,23-31H,11,17H2,1-10H3/t19-,20+,23?,24?,25?,26+,27+,28?,29?,30+,31+/m1/s1. The summed E-state index contributed by atoms with van der Waals surface area (Å²) >= 11 is 0. The van der Waals surface area contributed by atoms with Crippen molar-refractivity contribution in [2.45, 2.75) is 135 Å². The molecule has 3 heterocycles. The van der Waals surface area contributed by atoms with Crippen molar-refractivity contribution in [3.63, 3.8) is 0 Å². The van der Waals surface area contributed by atoms with E-state index in [1.807, 2.05) is 51.1 Å². The van der Waals surface area contributed by atoms with Gasteiger partial charge in [0.15, 0.2) is 33.3 Å². The topological polar surface area (TPSA) is 130 Å². The summed E-state index contributed by atoms with van der Waals surface area (Å²) in [4.78, 5) is 15.4. The molecule has 0 N–H and O–H groups in total. The average molecular weight is 634 g/mol. The number of rotatable bonds is 10. The third-order valence-corrected chi connectivity index (χ3v) is 14.8. The highest BCUT2D eigenvalue weighted by Crippen LogP contribution is 2.47. The maximum Gasteiger partial charge on any atom is 0.303 e. The molecule has 0 aliphatic carbocycles. The Hall–Kier alpha value is -2.02. The summed E-state index contributed by atoms with van der Waals surface area (Å²) in [6.07, 6.45) is -3.99. The summed E-state index contributed by atoms with van der Waals surface area (Å²) in [6.45, 7) is 20.9. The number of azide groups is 1. The number of ether oxygens (including phenoxy) is 6. The normalized spacial score (nSPS) is 36.3. The third-order valence-electron chi connectivity index (χ3n) is 10.3. The maximum absolute atomic E-state index is 12.3. The zero-order valence-electron chi connectivity index (χ0n) is 27.8. The molecule has 5 unspecified atom stereocenters. The van der Waals surface area contributed by atoms with Crippen LogP contribution in [0.4, 0.5) is 0 Å². The first-order valence-corrected chi connectivity index (χ1v) is 18.8. The minimum atomic E-state index is -2.34. The van der Waals surface area contributed by atoms with Crippen LogP contribution in [0.25, 0.3) is 10.4 Å². The lowest BCUT2D eigenvalue weighted by molar-refractivity contribution is -0.369. The number of fused-ring (bicyclic) bond motifs is 1. The van der Waals surface area contributed by atoms with Crippen molar-refractivity contribution in [2.75, 3.05) is 6.61 Å². The Bertz CT molecular complexity index is 1160. The van der Waals surface area contributed by atoms with E-state index in [0.717, 1.165) is 5.56 Å². The first-order chi connectivity index (χ1) is 20.7. The van der Waals surface area contributed by atoms with Crippen LogP contribution in [0.2, 0.25) is 18.1 Å². The Labute approximate surface area is 262 Å². The maximum atomic E-state index is 12.3. The van der Waals surface area contributed by atoms with Crippen LogP contribution >= 0.6 is 0 Å². The summed E-state index contributed by atoms with van der Waals surface area (Å²) < 4.78 is 44.7. The van der Waals surface area contributed by atoms with Gasteiger partial charge >= 0.3 is 5.97 Å². The predicted octanol–water partition coefficient (Wildman–Crippen LogP) is 6.89. The summed E-state index contributed by atoms with van der Waals surface area (Å²) in [5.41, 5.74) is 10.5. The predicted molar refractivity (Wildman–Crippen MR) is 167 cm³/mol.